The molecule has 0 saturated carbocycles. The van der Waals surface area contributed by atoms with E-state index in [4.69, 9.17) is 4.74 Å². The highest BCUT2D eigenvalue weighted by atomic mass is 16.5. The van der Waals surface area contributed by atoms with Gasteiger partial charge < -0.3 is 10.1 Å². The van der Waals surface area contributed by atoms with Gasteiger partial charge in [-0.15, -0.1) is 0 Å². The minimum Gasteiger partial charge on any atom is -0.465 e. The highest BCUT2D eigenvalue weighted by Gasteiger charge is 2.20. The van der Waals surface area contributed by atoms with E-state index in [-0.39, 0.29) is 11.4 Å². The Morgan fingerprint density at radius 3 is 2.72 bits per heavy atom. The largest absolute Gasteiger partial charge is 0.465 e. The summed E-state index contributed by atoms with van der Waals surface area (Å²) in [5.41, 5.74) is 0.689. The third-order valence-corrected chi connectivity index (χ3v) is 3.27. The molecular formula is C14H22N2O2. The second-order valence-corrected chi connectivity index (χ2v) is 5.54. The maximum atomic E-state index is 11.6. The lowest BCUT2D eigenvalue weighted by molar-refractivity contribution is 0.0601. The molecule has 0 radical (unpaired) electrons. The van der Waals surface area contributed by atoms with E-state index < -0.39 is 0 Å². The molecule has 4 nitrogen and oxygen atoms in total. The van der Waals surface area contributed by atoms with Crippen molar-refractivity contribution in [3.05, 3.63) is 23.9 Å². The number of hydrogen-bond donors (Lipinski definition) is 1. The molecule has 1 unspecified atom stereocenters. The van der Waals surface area contributed by atoms with Crippen molar-refractivity contribution >= 4 is 11.8 Å². The molecule has 1 aromatic rings. The van der Waals surface area contributed by atoms with Crippen LogP contribution in [0, 0.1) is 11.3 Å². The minimum atomic E-state index is -0.367. The van der Waals surface area contributed by atoms with Crippen LogP contribution in [0.2, 0.25) is 0 Å². The van der Waals surface area contributed by atoms with Gasteiger partial charge in [0.15, 0.2) is 0 Å². The van der Waals surface area contributed by atoms with Crippen LogP contribution in [-0.4, -0.2) is 24.6 Å². The van der Waals surface area contributed by atoms with E-state index in [1.807, 2.05) is 0 Å². The van der Waals surface area contributed by atoms with Gasteiger partial charge in [-0.3, -0.25) is 0 Å². The SMILES string of the molecule is COC(=O)c1cccnc1NCC(C)C(C)(C)C. The van der Waals surface area contributed by atoms with Crippen molar-refractivity contribution in [3.63, 3.8) is 0 Å². The molecule has 0 fully saturated rings. The van der Waals surface area contributed by atoms with Crippen molar-refractivity contribution in [2.75, 3.05) is 19.0 Å². The summed E-state index contributed by atoms with van der Waals surface area (Å²) in [5, 5.41) is 3.22. The lowest BCUT2D eigenvalue weighted by atomic mass is 9.82. The monoisotopic (exact) mass is 250 g/mol. The number of rotatable bonds is 4. The van der Waals surface area contributed by atoms with E-state index in [2.05, 4.69) is 38.0 Å². The fourth-order valence-electron chi connectivity index (χ4n) is 1.38. The molecule has 0 aliphatic heterocycles. The Bertz CT molecular complexity index is 411. The van der Waals surface area contributed by atoms with Gasteiger partial charge in [-0.2, -0.15) is 0 Å². The quantitative estimate of drug-likeness (QED) is 0.835. The molecule has 1 atom stereocenters. The Labute approximate surface area is 109 Å². The Kier molecular flexibility index (Phi) is 4.70. The van der Waals surface area contributed by atoms with Crippen LogP contribution in [0.4, 0.5) is 5.82 Å². The summed E-state index contributed by atoms with van der Waals surface area (Å²) in [6.07, 6.45) is 1.66. The summed E-state index contributed by atoms with van der Waals surface area (Å²) < 4.78 is 4.73. The number of hydrogen-bond acceptors (Lipinski definition) is 4. The molecule has 0 spiro atoms. The van der Waals surface area contributed by atoms with Crippen molar-refractivity contribution < 1.29 is 9.53 Å². The number of aromatic nitrogens is 1. The van der Waals surface area contributed by atoms with Crippen LogP contribution in [0.3, 0.4) is 0 Å². The fourth-order valence-corrected chi connectivity index (χ4v) is 1.38. The van der Waals surface area contributed by atoms with Crippen molar-refractivity contribution in [1.29, 1.82) is 0 Å². The first kappa shape index (κ1) is 14.5. The van der Waals surface area contributed by atoms with E-state index in [0.29, 0.717) is 17.3 Å². The zero-order valence-electron chi connectivity index (χ0n) is 11.8. The Morgan fingerprint density at radius 1 is 1.50 bits per heavy atom. The average molecular weight is 250 g/mol. The van der Waals surface area contributed by atoms with Crippen LogP contribution in [0.25, 0.3) is 0 Å². The maximum absolute atomic E-state index is 11.6. The molecule has 0 aromatic carbocycles. The smallest absolute Gasteiger partial charge is 0.341 e. The number of ether oxygens (including phenoxy) is 1. The number of anilines is 1. The average Bonchev–Trinajstić information content (AvgIpc) is 2.34. The summed E-state index contributed by atoms with van der Waals surface area (Å²) in [7, 11) is 1.37. The zero-order valence-corrected chi connectivity index (χ0v) is 11.8. The summed E-state index contributed by atoms with van der Waals surface area (Å²) in [6, 6.07) is 3.44. The predicted octanol–water partition coefficient (Wildman–Crippen LogP) is 2.96. The molecule has 0 aliphatic rings. The molecule has 0 bridgehead atoms. The maximum Gasteiger partial charge on any atom is 0.341 e. The molecule has 18 heavy (non-hydrogen) atoms. The predicted molar refractivity (Wildman–Crippen MR) is 72.7 cm³/mol. The second kappa shape index (κ2) is 5.85. The number of carbonyl (C=O) groups is 1. The van der Waals surface area contributed by atoms with Gasteiger partial charge >= 0.3 is 5.97 Å². The third-order valence-electron chi connectivity index (χ3n) is 3.27. The molecule has 0 saturated heterocycles. The van der Waals surface area contributed by atoms with E-state index in [1.165, 1.54) is 7.11 Å². The minimum absolute atomic E-state index is 0.215. The second-order valence-electron chi connectivity index (χ2n) is 5.54. The molecule has 0 aliphatic carbocycles. The number of carbonyl (C=O) groups excluding carboxylic acids is 1. The Hall–Kier alpha value is -1.58. The first-order valence-electron chi connectivity index (χ1n) is 6.13. The number of nitrogens with one attached hydrogen (secondary N) is 1. The highest BCUT2D eigenvalue weighted by Crippen LogP contribution is 2.25. The van der Waals surface area contributed by atoms with Crippen LogP contribution in [0.1, 0.15) is 38.1 Å². The molecule has 100 valence electrons. The van der Waals surface area contributed by atoms with E-state index in [0.717, 1.165) is 6.54 Å². The van der Waals surface area contributed by atoms with Crippen molar-refractivity contribution in [2.45, 2.75) is 27.7 Å². The van der Waals surface area contributed by atoms with E-state index in [9.17, 15) is 4.79 Å². The molecule has 1 N–H and O–H groups in total. The molecule has 0 amide bonds. The molecule has 1 aromatic heterocycles. The van der Waals surface area contributed by atoms with Gasteiger partial charge in [0.25, 0.3) is 0 Å². The van der Waals surface area contributed by atoms with Gasteiger partial charge in [-0.25, -0.2) is 9.78 Å². The first-order chi connectivity index (χ1) is 8.36. The molecule has 1 rings (SSSR count). The number of methoxy groups -OCH3 is 1. The van der Waals surface area contributed by atoms with Crippen LogP contribution < -0.4 is 5.32 Å². The summed E-state index contributed by atoms with van der Waals surface area (Å²) >= 11 is 0. The van der Waals surface area contributed by atoms with Crippen LogP contribution in [0.15, 0.2) is 18.3 Å². The molecule has 1 heterocycles. The standard InChI is InChI=1S/C14H22N2O2/c1-10(14(2,3)4)9-16-12-11(13(17)18-5)7-6-8-15-12/h6-8,10H,9H2,1-5H3,(H,15,16). The van der Waals surface area contributed by atoms with Crippen LogP contribution in [0.5, 0.6) is 0 Å². The van der Waals surface area contributed by atoms with Crippen molar-refractivity contribution in [1.82, 2.24) is 4.98 Å². The van der Waals surface area contributed by atoms with Crippen molar-refractivity contribution in [3.8, 4) is 0 Å². The fraction of sp³-hybridized carbons (Fsp3) is 0.571. The summed E-state index contributed by atoms with van der Waals surface area (Å²) in [6.45, 7) is 9.52. The van der Waals surface area contributed by atoms with Crippen molar-refractivity contribution in [2.24, 2.45) is 11.3 Å². The first-order valence-corrected chi connectivity index (χ1v) is 6.13. The van der Waals surface area contributed by atoms with Gasteiger partial charge in [-0.05, 0) is 23.5 Å². The van der Waals surface area contributed by atoms with Crippen LogP contribution in [-0.2, 0) is 4.74 Å². The van der Waals surface area contributed by atoms with E-state index >= 15 is 0 Å². The summed E-state index contributed by atoms with van der Waals surface area (Å²) in [4.78, 5) is 15.8. The Morgan fingerprint density at radius 2 is 2.17 bits per heavy atom. The van der Waals surface area contributed by atoms with E-state index in [1.54, 1.807) is 18.3 Å². The number of pyridine rings is 1. The van der Waals surface area contributed by atoms with Crippen LogP contribution >= 0.6 is 0 Å². The lowest BCUT2D eigenvalue weighted by Gasteiger charge is -2.27. The topological polar surface area (TPSA) is 51.2 Å². The highest BCUT2D eigenvalue weighted by molar-refractivity contribution is 5.94. The normalized spacial score (nSPS) is 12.9. The lowest BCUT2D eigenvalue weighted by Crippen LogP contribution is -2.25. The third kappa shape index (κ3) is 3.72. The van der Waals surface area contributed by atoms with Gasteiger partial charge in [-0.1, -0.05) is 27.7 Å². The molecule has 4 heteroatoms. The number of nitrogens with zero attached hydrogens (tertiary/aromatic N) is 1. The Balaban J connectivity index is 2.76. The zero-order chi connectivity index (χ0) is 13.8. The molecular weight excluding hydrogens is 228 g/mol. The van der Waals surface area contributed by atoms with Gasteiger partial charge in [0, 0.05) is 12.7 Å². The summed E-state index contributed by atoms with van der Waals surface area (Å²) in [5.74, 6) is 0.680. The van der Waals surface area contributed by atoms with Gasteiger partial charge in [0.2, 0.25) is 0 Å². The number of esters is 1. The van der Waals surface area contributed by atoms with Gasteiger partial charge in [0.1, 0.15) is 11.4 Å². The van der Waals surface area contributed by atoms with Gasteiger partial charge in [0.05, 0.1) is 7.11 Å².